The van der Waals surface area contributed by atoms with Crippen molar-refractivity contribution in [3.8, 4) is 5.75 Å². The first-order valence-corrected chi connectivity index (χ1v) is 10.3. The van der Waals surface area contributed by atoms with Crippen molar-refractivity contribution in [2.75, 3.05) is 39.3 Å². The Hall–Kier alpha value is -2.66. The van der Waals surface area contributed by atoms with E-state index in [2.05, 4.69) is 4.90 Å². The second kappa shape index (κ2) is 9.70. The molecule has 0 bridgehead atoms. The third-order valence-corrected chi connectivity index (χ3v) is 5.36. The van der Waals surface area contributed by atoms with Crippen LogP contribution in [0.4, 0.5) is 0 Å². The van der Waals surface area contributed by atoms with Crippen LogP contribution in [0, 0.1) is 13.8 Å². The van der Waals surface area contributed by atoms with Gasteiger partial charge in [-0.25, -0.2) is 0 Å². The molecule has 5 nitrogen and oxygen atoms in total. The minimum atomic E-state index is 0.134. The number of nitrogens with zero attached hydrogens (tertiary/aromatic N) is 2. The number of benzene rings is 2. The summed E-state index contributed by atoms with van der Waals surface area (Å²) in [6, 6.07) is 13.7. The van der Waals surface area contributed by atoms with Crippen molar-refractivity contribution in [3.63, 3.8) is 0 Å². The molecule has 1 fully saturated rings. The van der Waals surface area contributed by atoms with Crippen molar-refractivity contribution in [3.05, 3.63) is 64.7 Å². The number of hydrogen-bond acceptors (Lipinski definition) is 4. The predicted molar refractivity (Wildman–Crippen MR) is 115 cm³/mol. The lowest BCUT2D eigenvalue weighted by molar-refractivity contribution is -0.132. The molecule has 5 heteroatoms. The molecule has 0 aromatic heterocycles. The number of Topliss-reactive ketones (excluding diaryl/α,β-unsaturated/α-hetero) is 1. The average molecular weight is 395 g/mol. The Morgan fingerprint density at radius 3 is 2.28 bits per heavy atom. The molecular weight excluding hydrogens is 364 g/mol. The maximum absolute atomic E-state index is 12.6. The second-order valence-corrected chi connectivity index (χ2v) is 7.65. The van der Waals surface area contributed by atoms with Crippen LogP contribution in [-0.2, 0) is 11.2 Å². The molecular formula is C24H30N2O3. The summed E-state index contributed by atoms with van der Waals surface area (Å²) in [7, 11) is 0. The van der Waals surface area contributed by atoms with Crippen LogP contribution >= 0.6 is 0 Å². The SMILES string of the molecule is CCOc1ccc(CC(=O)N2CCN(CC(=O)c3ccc(C)cc3C)CC2)cc1. The van der Waals surface area contributed by atoms with Crippen molar-refractivity contribution in [2.45, 2.75) is 27.2 Å². The zero-order valence-corrected chi connectivity index (χ0v) is 17.6. The van der Waals surface area contributed by atoms with Gasteiger partial charge in [-0.15, -0.1) is 0 Å². The van der Waals surface area contributed by atoms with E-state index in [1.807, 2.05) is 68.1 Å². The fourth-order valence-electron chi connectivity index (χ4n) is 3.73. The van der Waals surface area contributed by atoms with Crippen molar-refractivity contribution in [2.24, 2.45) is 0 Å². The van der Waals surface area contributed by atoms with Crippen LogP contribution in [0.2, 0.25) is 0 Å². The number of ether oxygens (including phenoxy) is 1. The van der Waals surface area contributed by atoms with Crippen molar-refractivity contribution in [1.82, 2.24) is 9.80 Å². The molecule has 0 atom stereocenters. The zero-order chi connectivity index (χ0) is 20.8. The number of ketones is 1. The van der Waals surface area contributed by atoms with E-state index in [-0.39, 0.29) is 11.7 Å². The second-order valence-electron chi connectivity index (χ2n) is 7.65. The van der Waals surface area contributed by atoms with Crippen LogP contribution in [0.1, 0.15) is 34.0 Å². The van der Waals surface area contributed by atoms with E-state index < -0.39 is 0 Å². The fraction of sp³-hybridized carbons (Fsp3) is 0.417. The van der Waals surface area contributed by atoms with Gasteiger partial charge in [0.05, 0.1) is 19.6 Å². The highest BCUT2D eigenvalue weighted by molar-refractivity contribution is 5.99. The first kappa shape index (κ1) is 21.1. The summed E-state index contributed by atoms with van der Waals surface area (Å²) >= 11 is 0. The monoisotopic (exact) mass is 394 g/mol. The number of rotatable bonds is 7. The maximum Gasteiger partial charge on any atom is 0.227 e. The van der Waals surface area contributed by atoms with E-state index in [0.29, 0.717) is 32.7 Å². The Balaban J connectivity index is 1.48. The largest absolute Gasteiger partial charge is 0.494 e. The molecule has 0 saturated carbocycles. The molecule has 0 radical (unpaired) electrons. The Kier molecular flexibility index (Phi) is 7.04. The molecule has 1 heterocycles. The molecule has 154 valence electrons. The molecule has 0 unspecified atom stereocenters. The van der Waals surface area contributed by atoms with Crippen LogP contribution in [0.15, 0.2) is 42.5 Å². The van der Waals surface area contributed by atoms with Crippen molar-refractivity contribution >= 4 is 11.7 Å². The Morgan fingerprint density at radius 1 is 0.966 bits per heavy atom. The summed E-state index contributed by atoms with van der Waals surface area (Å²) < 4.78 is 5.44. The Bertz CT molecular complexity index is 853. The van der Waals surface area contributed by atoms with E-state index in [0.717, 1.165) is 35.5 Å². The van der Waals surface area contributed by atoms with Gasteiger partial charge in [-0.05, 0) is 44.0 Å². The topological polar surface area (TPSA) is 49.9 Å². The average Bonchev–Trinajstić information content (AvgIpc) is 2.70. The first-order valence-electron chi connectivity index (χ1n) is 10.3. The van der Waals surface area contributed by atoms with Gasteiger partial charge in [-0.2, -0.15) is 0 Å². The van der Waals surface area contributed by atoms with E-state index >= 15 is 0 Å². The van der Waals surface area contributed by atoms with Gasteiger partial charge >= 0.3 is 0 Å². The summed E-state index contributed by atoms with van der Waals surface area (Å²) in [5, 5.41) is 0. The Morgan fingerprint density at radius 2 is 1.66 bits per heavy atom. The number of amides is 1. The molecule has 0 spiro atoms. The smallest absolute Gasteiger partial charge is 0.227 e. The van der Waals surface area contributed by atoms with Gasteiger partial charge in [-0.1, -0.05) is 35.9 Å². The van der Waals surface area contributed by atoms with E-state index in [1.54, 1.807) is 0 Å². The molecule has 1 aliphatic heterocycles. The molecule has 0 N–H and O–H groups in total. The van der Waals surface area contributed by atoms with E-state index in [1.165, 1.54) is 5.56 Å². The van der Waals surface area contributed by atoms with Crippen molar-refractivity contribution in [1.29, 1.82) is 0 Å². The third-order valence-electron chi connectivity index (χ3n) is 5.36. The van der Waals surface area contributed by atoms with Gasteiger partial charge < -0.3 is 9.64 Å². The molecule has 1 saturated heterocycles. The van der Waals surface area contributed by atoms with Crippen LogP contribution in [0.3, 0.4) is 0 Å². The third kappa shape index (κ3) is 5.67. The summed E-state index contributed by atoms with van der Waals surface area (Å²) in [6.45, 7) is 9.79. The highest BCUT2D eigenvalue weighted by atomic mass is 16.5. The van der Waals surface area contributed by atoms with Gasteiger partial charge in [0.25, 0.3) is 0 Å². The standard InChI is InChI=1S/C24H30N2O3/c1-4-29-21-8-6-20(7-9-21)16-24(28)26-13-11-25(12-14-26)17-23(27)22-10-5-18(2)15-19(22)3/h5-10,15H,4,11-14,16-17H2,1-3H3. The molecule has 2 aromatic rings. The molecule has 1 aliphatic rings. The fourth-order valence-corrected chi connectivity index (χ4v) is 3.73. The van der Waals surface area contributed by atoms with Crippen LogP contribution < -0.4 is 4.74 Å². The van der Waals surface area contributed by atoms with Crippen LogP contribution in [0.5, 0.6) is 5.75 Å². The van der Waals surface area contributed by atoms with Gasteiger partial charge in [0.2, 0.25) is 5.91 Å². The normalized spacial score (nSPS) is 14.7. The molecule has 3 rings (SSSR count). The quantitative estimate of drug-likeness (QED) is 0.677. The number of carbonyl (C=O) groups excluding carboxylic acids is 2. The molecule has 29 heavy (non-hydrogen) atoms. The number of aryl methyl sites for hydroxylation is 2. The zero-order valence-electron chi connectivity index (χ0n) is 17.6. The number of piperazine rings is 1. The Labute approximate surface area is 173 Å². The van der Waals surface area contributed by atoms with Crippen LogP contribution in [-0.4, -0.2) is 60.8 Å². The summed E-state index contributed by atoms with van der Waals surface area (Å²) in [4.78, 5) is 29.3. The minimum Gasteiger partial charge on any atom is -0.494 e. The van der Waals surface area contributed by atoms with E-state index in [4.69, 9.17) is 4.74 Å². The lowest BCUT2D eigenvalue weighted by atomic mass is 10.0. The first-order chi connectivity index (χ1) is 14.0. The van der Waals surface area contributed by atoms with Gasteiger partial charge in [0, 0.05) is 31.7 Å². The highest BCUT2D eigenvalue weighted by Crippen LogP contribution is 2.15. The lowest BCUT2D eigenvalue weighted by Gasteiger charge is -2.34. The van der Waals surface area contributed by atoms with Gasteiger partial charge in [-0.3, -0.25) is 14.5 Å². The van der Waals surface area contributed by atoms with Gasteiger partial charge in [0.15, 0.2) is 5.78 Å². The van der Waals surface area contributed by atoms with E-state index in [9.17, 15) is 9.59 Å². The maximum atomic E-state index is 12.6. The summed E-state index contributed by atoms with van der Waals surface area (Å²) in [5.74, 6) is 1.11. The molecule has 2 aromatic carbocycles. The molecule has 0 aliphatic carbocycles. The van der Waals surface area contributed by atoms with Crippen molar-refractivity contribution < 1.29 is 14.3 Å². The summed E-state index contributed by atoms with van der Waals surface area (Å²) in [6.07, 6.45) is 0.397. The summed E-state index contributed by atoms with van der Waals surface area (Å²) in [5.41, 5.74) is 3.98. The van der Waals surface area contributed by atoms with Gasteiger partial charge in [0.1, 0.15) is 5.75 Å². The highest BCUT2D eigenvalue weighted by Gasteiger charge is 2.23. The number of hydrogen-bond donors (Lipinski definition) is 0. The van der Waals surface area contributed by atoms with Crippen LogP contribution in [0.25, 0.3) is 0 Å². The predicted octanol–water partition coefficient (Wildman–Crippen LogP) is 3.27. The molecule has 1 amide bonds. The number of carbonyl (C=O) groups is 2. The minimum absolute atomic E-state index is 0.134. The lowest BCUT2D eigenvalue weighted by Crippen LogP contribution is -2.50.